The predicted octanol–water partition coefficient (Wildman–Crippen LogP) is 2.95. The van der Waals surface area contributed by atoms with Crippen molar-refractivity contribution in [3.05, 3.63) is 47.0 Å². The van der Waals surface area contributed by atoms with Crippen molar-refractivity contribution in [3.63, 3.8) is 0 Å². The summed E-state index contributed by atoms with van der Waals surface area (Å²) in [5, 5.41) is 14.6. The van der Waals surface area contributed by atoms with E-state index in [0.717, 1.165) is 10.5 Å². The molecule has 2 aromatic heterocycles. The minimum atomic E-state index is -0.408. The van der Waals surface area contributed by atoms with Crippen LogP contribution in [0, 0.1) is 0 Å². The van der Waals surface area contributed by atoms with Crippen molar-refractivity contribution < 1.29 is 14.0 Å². The molecule has 2 heterocycles. The van der Waals surface area contributed by atoms with Crippen LogP contribution in [0.15, 0.2) is 50.4 Å². The van der Waals surface area contributed by atoms with Gasteiger partial charge in [-0.2, -0.15) is 11.3 Å². The Kier molecular flexibility index (Phi) is 6.03. The lowest BCUT2D eigenvalue weighted by molar-refractivity contribution is -0.116. The van der Waals surface area contributed by atoms with E-state index in [1.54, 1.807) is 17.4 Å². The zero-order valence-corrected chi connectivity index (χ0v) is 15.3. The van der Waals surface area contributed by atoms with Crippen molar-refractivity contribution in [1.29, 1.82) is 0 Å². The predicted molar refractivity (Wildman–Crippen MR) is 101 cm³/mol. The molecule has 3 rings (SSSR count). The molecule has 134 valence electrons. The number of thioether (sulfide) groups is 1. The summed E-state index contributed by atoms with van der Waals surface area (Å²) in [6, 6.07) is 9.16. The number of carbonyl (C=O) groups is 2. The van der Waals surface area contributed by atoms with Gasteiger partial charge < -0.3 is 15.5 Å². The first kappa shape index (κ1) is 18.2. The number of aromatic nitrogens is 2. The van der Waals surface area contributed by atoms with E-state index in [4.69, 9.17) is 10.2 Å². The van der Waals surface area contributed by atoms with Gasteiger partial charge in [-0.25, -0.2) is 0 Å². The molecule has 0 bridgehead atoms. The Labute approximate surface area is 158 Å². The smallest absolute Gasteiger partial charge is 0.248 e. The highest BCUT2D eigenvalue weighted by Gasteiger charge is 2.12. The van der Waals surface area contributed by atoms with Crippen LogP contribution in [0.4, 0.5) is 5.69 Å². The maximum atomic E-state index is 12.2. The Balaban J connectivity index is 1.55. The Morgan fingerprint density at radius 3 is 2.85 bits per heavy atom. The normalized spacial score (nSPS) is 10.6. The van der Waals surface area contributed by atoms with E-state index in [2.05, 4.69) is 15.5 Å². The summed E-state index contributed by atoms with van der Waals surface area (Å²) in [4.78, 5) is 23.9. The van der Waals surface area contributed by atoms with Gasteiger partial charge in [0.25, 0.3) is 0 Å². The molecule has 9 heteroatoms. The monoisotopic (exact) mass is 388 g/mol. The summed E-state index contributed by atoms with van der Waals surface area (Å²) in [7, 11) is 0. The number of carbonyl (C=O) groups excluding carboxylic acids is 2. The van der Waals surface area contributed by atoms with Crippen molar-refractivity contribution >= 4 is 40.6 Å². The molecule has 0 radical (unpaired) electrons. The SMILES string of the molecule is NC(=O)CSc1ccccc1NC(=O)CCc1nnc(-c2ccsc2)o1. The van der Waals surface area contributed by atoms with Crippen LogP contribution in [0.25, 0.3) is 11.5 Å². The molecule has 3 aromatic rings. The number of aryl methyl sites for hydroxylation is 1. The molecule has 0 atom stereocenters. The number of nitrogens with zero attached hydrogens (tertiary/aromatic N) is 2. The first-order valence-electron chi connectivity index (χ1n) is 7.77. The maximum Gasteiger partial charge on any atom is 0.248 e. The van der Waals surface area contributed by atoms with Gasteiger partial charge in [-0.3, -0.25) is 9.59 Å². The van der Waals surface area contributed by atoms with Crippen molar-refractivity contribution in [1.82, 2.24) is 10.2 Å². The van der Waals surface area contributed by atoms with Crippen LogP contribution < -0.4 is 11.1 Å². The lowest BCUT2D eigenvalue weighted by Gasteiger charge is -2.09. The summed E-state index contributed by atoms with van der Waals surface area (Å²) in [5.74, 6) is 0.439. The molecule has 0 aliphatic heterocycles. The summed E-state index contributed by atoms with van der Waals surface area (Å²) >= 11 is 2.83. The Morgan fingerprint density at radius 1 is 1.23 bits per heavy atom. The lowest BCUT2D eigenvalue weighted by atomic mass is 10.2. The largest absolute Gasteiger partial charge is 0.421 e. The van der Waals surface area contributed by atoms with Crippen LogP contribution in [0.2, 0.25) is 0 Å². The van der Waals surface area contributed by atoms with E-state index in [-0.39, 0.29) is 18.1 Å². The fourth-order valence-electron chi connectivity index (χ4n) is 2.14. The van der Waals surface area contributed by atoms with Crippen molar-refractivity contribution in [2.75, 3.05) is 11.1 Å². The Morgan fingerprint density at radius 2 is 2.08 bits per heavy atom. The lowest BCUT2D eigenvalue weighted by Crippen LogP contribution is -2.15. The molecule has 0 saturated carbocycles. The molecular weight excluding hydrogens is 372 g/mol. The third-order valence-corrected chi connectivity index (χ3v) is 5.11. The number of hydrogen-bond acceptors (Lipinski definition) is 7. The van der Waals surface area contributed by atoms with E-state index >= 15 is 0 Å². The van der Waals surface area contributed by atoms with Gasteiger partial charge in [0.15, 0.2) is 0 Å². The topological polar surface area (TPSA) is 111 Å². The first-order valence-corrected chi connectivity index (χ1v) is 9.69. The molecule has 26 heavy (non-hydrogen) atoms. The fourth-order valence-corrected chi connectivity index (χ4v) is 3.51. The van der Waals surface area contributed by atoms with Crippen LogP contribution in [0.1, 0.15) is 12.3 Å². The minimum absolute atomic E-state index is 0.153. The van der Waals surface area contributed by atoms with Crippen LogP contribution in [0.5, 0.6) is 0 Å². The summed E-state index contributed by atoms with van der Waals surface area (Å²) in [6.45, 7) is 0. The van der Waals surface area contributed by atoms with Crippen LogP contribution in [-0.4, -0.2) is 27.8 Å². The summed E-state index contributed by atoms with van der Waals surface area (Å²) in [5.41, 5.74) is 6.69. The molecule has 0 saturated heterocycles. The number of para-hydroxylation sites is 1. The van der Waals surface area contributed by atoms with E-state index in [1.807, 2.05) is 35.0 Å². The zero-order valence-electron chi connectivity index (χ0n) is 13.7. The standard InChI is InChI=1S/C17H16N4O3S2/c18-14(22)10-26-13-4-2-1-3-12(13)19-15(23)5-6-16-20-21-17(24-16)11-7-8-25-9-11/h1-4,7-9H,5-6,10H2,(H2,18,22)(H,19,23). The van der Waals surface area contributed by atoms with E-state index in [0.29, 0.717) is 23.9 Å². The number of hydrogen-bond donors (Lipinski definition) is 2. The zero-order chi connectivity index (χ0) is 18.4. The van der Waals surface area contributed by atoms with Gasteiger partial charge in [-0.15, -0.1) is 22.0 Å². The highest BCUT2D eigenvalue weighted by Crippen LogP contribution is 2.27. The number of benzene rings is 1. The number of thiophene rings is 1. The number of anilines is 1. The van der Waals surface area contributed by atoms with Crippen LogP contribution in [0.3, 0.4) is 0 Å². The summed E-state index contributed by atoms with van der Waals surface area (Å²) < 4.78 is 5.57. The number of primary amides is 1. The average molecular weight is 388 g/mol. The number of rotatable bonds is 8. The molecular formula is C17H16N4O3S2. The molecule has 1 aromatic carbocycles. The van der Waals surface area contributed by atoms with Crippen molar-refractivity contribution in [3.8, 4) is 11.5 Å². The Bertz CT molecular complexity index is 893. The van der Waals surface area contributed by atoms with Gasteiger partial charge in [0, 0.05) is 28.7 Å². The highest BCUT2D eigenvalue weighted by molar-refractivity contribution is 8.00. The molecule has 0 aliphatic rings. The number of nitrogens with two attached hydrogens (primary N) is 1. The Hall–Kier alpha value is -2.65. The second-order valence-corrected chi connectivity index (χ2v) is 7.11. The van der Waals surface area contributed by atoms with Crippen molar-refractivity contribution in [2.24, 2.45) is 5.73 Å². The number of nitrogens with one attached hydrogen (secondary N) is 1. The van der Waals surface area contributed by atoms with Gasteiger partial charge in [0.2, 0.25) is 23.6 Å². The highest BCUT2D eigenvalue weighted by atomic mass is 32.2. The van der Waals surface area contributed by atoms with Crippen LogP contribution >= 0.6 is 23.1 Å². The van der Waals surface area contributed by atoms with Crippen LogP contribution in [-0.2, 0) is 16.0 Å². The second kappa shape index (κ2) is 8.63. The summed E-state index contributed by atoms with van der Waals surface area (Å²) in [6.07, 6.45) is 0.555. The molecule has 3 N–H and O–H groups in total. The molecule has 0 fully saturated rings. The molecule has 2 amide bonds. The quantitative estimate of drug-likeness (QED) is 0.574. The molecule has 0 aliphatic carbocycles. The van der Waals surface area contributed by atoms with E-state index in [1.165, 1.54) is 11.8 Å². The molecule has 7 nitrogen and oxygen atoms in total. The van der Waals surface area contributed by atoms with Gasteiger partial charge in [0.1, 0.15) is 0 Å². The van der Waals surface area contributed by atoms with Gasteiger partial charge in [0.05, 0.1) is 11.4 Å². The third-order valence-electron chi connectivity index (χ3n) is 3.33. The fraction of sp³-hybridized carbons (Fsp3) is 0.176. The second-order valence-electron chi connectivity index (χ2n) is 5.31. The van der Waals surface area contributed by atoms with E-state index < -0.39 is 5.91 Å². The van der Waals surface area contributed by atoms with Crippen molar-refractivity contribution in [2.45, 2.75) is 17.7 Å². The number of amides is 2. The molecule has 0 unspecified atom stereocenters. The van der Waals surface area contributed by atoms with Gasteiger partial charge >= 0.3 is 0 Å². The van der Waals surface area contributed by atoms with E-state index in [9.17, 15) is 9.59 Å². The molecule has 0 spiro atoms. The maximum absolute atomic E-state index is 12.2. The first-order chi connectivity index (χ1) is 12.6. The third kappa shape index (κ3) is 4.93. The van der Waals surface area contributed by atoms with Gasteiger partial charge in [-0.1, -0.05) is 12.1 Å². The van der Waals surface area contributed by atoms with Gasteiger partial charge in [-0.05, 0) is 23.6 Å². The average Bonchev–Trinajstić information content (AvgIpc) is 3.30. The minimum Gasteiger partial charge on any atom is -0.421 e.